The van der Waals surface area contributed by atoms with E-state index in [1.807, 2.05) is 34.8 Å². The molecule has 0 bridgehead atoms. The Morgan fingerprint density at radius 1 is 0.259 bits per heavy atom. The van der Waals surface area contributed by atoms with Crippen LogP contribution in [-0.4, -0.2) is 65.4 Å². The van der Waals surface area contributed by atoms with Crippen LogP contribution in [0.3, 0.4) is 0 Å². The Labute approximate surface area is 709 Å². The zero-order valence-corrected chi connectivity index (χ0v) is 74.1. The highest BCUT2D eigenvalue weighted by Gasteiger charge is 2.55. The van der Waals surface area contributed by atoms with Crippen molar-refractivity contribution in [2.45, 2.75) is 272 Å². The van der Waals surface area contributed by atoms with Crippen LogP contribution < -0.4 is 37.9 Å². The summed E-state index contributed by atoms with van der Waals surface area (Å²) in [5.74, 6) is 6.11. The van der Waals surface area contributed by atoms with Gasteiger partial charge in [-0.1, -0.05) is 234 Å². The zero-order valence-electron chi connectivity index (χ0n) is 70.9. The van der Waals surface area contributed by atoms with Crippen molar-refractivity contribution in [1.29, 1.82) is 0 Å². The van der Waals surface area contributed by atoms with Gasteiger partial charge in [0.1, 0.15) is 46.0 Å². The summed E-state index contributed by atoms with van der Waals surface area (Å²) in [4.78, 5) is 31.2. The van der Waals surface area contributed by atoms with Gasteiger partial charge in [0, 0.05) is 54.9 Å². The van der Waals surface area contributed by atoms with Crippen LogP contribution in [0.5, 0.6) is 46.0 Å². The Morgan fingerprint density at radius 2 is 0.491 bits per heavy atom. The minimum absolute atomic E-state index is 0.564. The third kappa shape index (κ3) is 21.0. The van der Waals surface area contributed by atoms with E-state index in [-0.39, 0.29) is 0 Å². The van der Waals surface area contributed by atoms with Gasteiger partial charge in [-0.05, 0) is 192 Å². The largest absolute Gasteiger partial charge is 0.493 e. The van der Waals surface area contributed by atoms with Crippen molar-refractivity contribution in [2.24, 2.45) is 0 Å². The van der Waals surface area contributed by atoms with Gasteiger partial charge in [-0.3, -0.25) is 9.59 Å². The van der Waals surface area contributed by atoms with Gasteiger partial charge >= 0.3 is 0 Å². The summed E-state index contributed by atoms with van der Waals surface area (Å²) in [6.07, 6.45) is 36.1. The summed E-state index contributed by atoms with van der Waals surface area (Å²) >= 11 is 6.84. The Morgan fingerprint density at radius 3 is 0.698 bits per heavy atom. The predicted octanol–water partition coefficient (Wildman–Crippen LogP) is 30.4. The number of unbranched alkanes of at least 4 members (excludes halogenated alkanes) is 24. The standard InChI is InChI=1S/C102H128O10S4/c1-9-17-25-33-49-105-79-59-75(60-80(67-79)106-50-34-26-18-10-2)101(76-61-81(107-51-35-27-19-11-3)68-82(62-76)108-52-36-28-20-12-4)91-57-73(93-47-43-87(71-103)113-93)41-45-89(91)97-95(101)99-100(115-97)96-98(116-99)90-46-42-74(94-48-44-88(72-104)114-94)58-92(90)102(96,77-63-83(109-53-37-29-21-13-5)69-84(64-77)110-54-38-30-22-14-6)78-65-85(111-55-39-31-23-15-7)70-86(66-78)112-56-40-32-24-16-8/h41-48,57-72H,9-40,49-56H2,1-8H3. The highest BCUT2D eigenvalue weighted by atomic mass is 32.1. The van der Waals surface area contributed by atoms with Gasteiger partial charge in [0.15, 0.2) is 12.6 Å². The number of carbonyl (C=O) groups is 2. The van der Waals surface area contributed by atoms with Gasteiger partial charge in [-0.2, -0.15) is 0 Å². The molecule has 0 atom stereocenters. The van der Waals surface area contributed by atoms with Crippen molar-refractivity contribution >= 4 is 67.3 Å². The molecule has 10 aromatic rings. The zero-order chi connectivity index (χ0) is 80.9. The minimum atomic E-state index is -1.11. The maximum Gasteiger partial charge on any atom is 0.160 e. The number of fused-ring (bicyclic) bond motifs is 9. The molecule has 6 aromatic carbocycles. The molecule has 0 amide bonds. The maximum absolute atomic E-state index is 12.7. The number of benzene rings is 6. The lowest BCUT2D eigenvalue weighted by Gasteiger charge is -2.35. The molecule has 0 fully saturated rings. The lowest BCUT2D eigenvalue weighted by molar-refractivity contribution is 0.111. The van der Waals surface area contributed by atoms with Crippen molar-refractivity contribution in [1.82, 2.24) is 0 Å². The summed E-state index contributed by atoms with van der Waals surface area (Å²) in [6, 6.07) is 49.4. The minimum Gasteiger partial charge on any atom is -0.493 e. The highest BCUT2D eigenvalue weighted by molar-refractivity contribution is 7.32. The number of aldehydes is 2. The van der Waals surface area contributed by atoms with Crippen LogP contribution in [0.2, 0.25) is 0 Å². The second-order valence-electron chi connectivity index (χ2n) is 32.0. The molecule has 0 radical (unpaired) electrons. The third-order valence-corrected chi connectivity index (χ3v) is 27.8. The summed E-state index contributed by atoms with van der Waals surface area (Å²) in [5, 5.41) is 0. The Bertz CT molecular complexity index is 4160. The van der Waals surface area contributed by atoms with E-state index >= 15 is 0 Å². The first-order chi connectivity index (χ1) is 57.1. The molecule has 0 N–H and O–H groups in total. The first kappa shape index (κ1) is 87.4. The van der Waals surface area contributed by atoms with Gasteiger partial charge in [0.2, 0.25) is 0 Å². The first-order valence-electron chi connectivity index (χ1n) is 44.8. The molecular formula is C102H128O10S4. The van der Waals surface area contributed by atoms with E-state index in [9.17, 15) is 9.59 Å². The summed E-state index contributed by atoms with van der Waals surface area (Å²) in [5.41, 5.74) is 10.8. The predicted molar refractivity (Wildman–Crippen MR) is 489 cm³/mol. The number of thiophene rings is 4. The van der Waals surface area contributed by atoms with Crippen molar-refractivity contribution in [3.8, 4) is 87.8 Å². The van der Waals surface area contributed by atoms with E-state index in [4.69, 9.17) is 37.9 Å². The molecule has 2 aliphatic carbocycles. The van der Waals surface area contributed by atoms with Crippen molar-refractivity contribution in [2.75, 3.05) is 52.9 Å². The molecule has 620 valence electrons. The Hall–Kier alpha value is -7.88. The van der Waals surface area contributed by atoms with Crippen LogP contribution in [0.15, 0.2) is 133 Å². The highest BCUT2D eigenvalue weighted by Crippen LogP contribution is 2.70. The van der Waals surface area contributed by atoms with Crippen molar-refractivity contribution in [3.05, 3.63) is 188 Å². The Kier molecular flexibility index (Phi) is 33.8. The molecule has 0 saturated heterocycles. The number of rotatable bonds is 56. The van der Waals surface area contributed by atoms with E-state index < -0.39 is 10.8 Å². The molecular weight excluding hydrogens is 1510 g/mol. The fourth-order valence-electron chi connectivity index (χ4n) is 16.9. The summed E-state index contributed by atoms with van der Waals surface area (Å²) in [7, 11) is 0. The van der Waals surface area contributed by atoms with E-state index in [1.54, 1.807) is 0 Å². The van der Waals surface area contributed by atoms with Crippen LogP contribution in [0.1, 0.15) is 325 Å². The molecule has 0 saturated carbocycles. The van der Waals surface area contributed by atoms with Crippen LogP contribution in [0.4, 0.5) is 0 Å². The van der Waals surface area contributed by atoms with Gasteiger partial charge in [-0.15, -0.1) is 45.3 Å². The molecule has 0 spiro atoms. The van der Waals surface area contributed by atoms with Gasteiger partial charge in [0.05, 0.1) is 82.8 Å². The first-order valence-corrected chi connectivity index (χ1v) is 48.0. The summed E-state index contributed by atoms with van der Waals surface area (Å²) < 4.78 is 59.5. The molecule has 14 heteroatoms. The molecule has 2 aliphatic rings. The second kappa shape index (κ2) is 44.8. The van der Waals surface area contributed by atoms with Crippen molar-refractivity contribution < 1.29 is 47.5 Å². The van der Waals surface area contributed by atoms with E-state index in [0.29, 0.717) is 62.6 Å². The summed E-state index contributed by atoms with van der Waals surface area (Å²) in [6.45, 7) is 22.6. The fourth-order valence-corrected chi connectivity index (χ4v) is 21.7. The number of ether oxygens (including phenoxy) is 8. The van der Waals surface area contributed by atoms with Crippen molar-refractivity contribution in [3.63, 3.8) is 0 Å². The second-order valence-corrected chi connectivity index (χ2v) is 36.2. The van der Waals surface area contributed by atoms with Crippen LogP contribution in [-0.2, 0) is 10.8 Å². The average molecular weight is 1640 g/mol. The molecule has 12 rings (SSSR count). The van der Waals surface area contributed by atoms with Gasteiger partial charge in [0.25, 0.3) is 0 Å². The topological polar surface area (TPSA) is 108 Å². The SMILES string of the molecule is CCCCCCOc1cc(OCCCCCC)cc(C2(c3cc(OCCCCCC)cc(OCCCCCC)c3)c3cc(-c4ccc(C=O)s4)ccc3-c3sc4c5c(sc4c32)-c2ccc(-c3ccc(C=O)s3)cc2C5(c2cc(OCCCCCC)cc(OCCCCCC)c2)c2cc(OCCCCCC)cc(OCCCCCC)c2)c1. The van der Waals surface area contributed by atoms with E-state index in [0.717, 1.165) is 329 Å². The van der Waals surface area contributed by atoms with Gasteiger partial charge in [-0.25, -0.2) is 0 Å². The van der Waals surface area contributed by atoms with Gasteiger partial charge < -0.3 is 37.9 Å². The normalized spacial score (nSPS) is 12.9. The quantitative estimate of drug-likeness (QED) is 0.0270. The average Bonchev–Trinajstić information content (AvgIpc) is 1.49. The molecule has 116 heavy (non-hydrogen) atoms. The number of carbonyl (C=O) groups excluding carboxylic acids is 2. The van der Waals surface area contributed by atoms with Crippen LogP contribution >= 0.6 is 45.3 Å². The monoisotopic (exact) mass is 1640 g/mol. The molecule has 0 aliphatic heterocycles. The lowest BCUT2D eigenvalue weighted by Crippen LogP contribution is -2.29. The molecule has 10 nitrogen and oxygen atoms in total. The maximum atomic E-state index is 12.7. The lowest BCUT2D eigenvalue weighted by atomic mass is 9.66. The fraction of sp³-hybridized carbons (Fsp3) is 0.490. The van der Waals surface area contributed by atoms with Crippen LogP contribution in [0.25, 0.3) is 51.2 Å². The number of hydrogen-bond donors (Lipinski definition) is 0. The molecule has 0 unspecified atom stereocenters. The number of hydrogen-bond acceptors (Lipinski definition) is 14. The van der Waals surface area contributed by atoms with Crippen LogP contribution in [0, 0.1) is 0 Å². The molecule has 4 aromatic heterocycles. The van der Waals surface area contributed by atoms with E-state index in [1.165, 1.54) is 53.0 Å². The molecule has 4 heterocycles. The van der Waals surface area contributed by atoms with E-state index in [2.05, 4.69) is 177 Å². The third-order valence-electron chi connectivity index (χ3n) is 23.0. The smallest absolute Gasteiger partial charge is 0.160 e. The Balaban J connectivity index is 1.24.